The summed E-state index contributed by atoms with van der Waals surface area (Å²) in [5.41, 5.74) is 1.39. The van der Waals surface area contributed by atoms with Gasteiger partial charge in [-0.15, -0.1) is 10.2 Å². The molecule has 0 atom stereocenters. The van der Waals surface area contributed by atoms with Crippen LogP contribution in [0.15, 0.2) is 89.1 Å². The van der Waals surface area contributed by atoms with Gasteiger partial charge in [0, 0.05) is 23.1 Å². The summed E-state index contributed by atoms with van der Waals surface area (Å²) in [7, 11) is 0. The van der Waals surface area contributed by atoms with Crippen LogP contribution in [-0.2, 0) is 4.79 Å². The number of ether oxygens (including phenoxy) is 2. The Morgan fingerprint density at radius 1 is 1.08 bits per heavy atom. The zero-order valence-electron chi connectivity index (χ0n) is 21.0. The number of nitrogens with one attached hydrogen (secondary N) is 1. The van der Waals surface area contributed by atoms with Crippen LogP contribution in [0.25, 0.3) is 10.8 Å². The van der Waals surface area contributed by atoms with Crippen molar-refractivity contribution in [3.8, 4) is 17.2 Å². The lowest BCUT2D eigenvalue weighted by Crippen LogP contribution is -2.14. The van der Waals surface area contributed by atoms with E-state index in [2.05, 4.69) is 22.1 Å². The minimum atomic E-state index is -0.349. The molecular weight excluding hydrogens is 470 g/mol. The second kappa shape index (κ2) is 12.8. The first-order valence-electron chi connectivity index (χ1n) is 11.8. The third-order valence-corrected chi connectivity index (χ3v) is 5.22. The number of phenolic OH excluding ortho intramolecular Hbond substituents is 1. The summed E-state index contributed by atoms with van der Waals surface area (Å²) in [6, 6.07) is 12.0. The summed E-state index contributed by atoms with van der Waals surface area (Å²) in [6.07, 6.45) is 7.14. The molecule has 2 N–H and O–H groups in total. The van der Waals surface area contributed by atoms with Crippen molar-refractivity contribution >= 4 is 40.0 Å². The van der Waals surface area contributed by atoms with Crippen LogP contribution in [0.2, 0.25) is 0 Å². The van der Waals surface area contributed by atoms with E-state index in [4.69, 9.17) is 9.47 Å². The molecule has 0 spiro atoms. The van der Waals surface area contributed by atoms with E-state index in [1.165, 1.54) is 6.08 Å². The Balaban J connectivity index is 2.11. The molecule has 0 aliphatic carbocycles. The van der Waals surface area contributed by atoms with Gasteiger partial charge in [0.2, 0.25) is 0 Å². The maximum absolute atomic E-state index is 12.9. The molecule has 0 aliphatic rings. The van der Waals surface area contributed by atoms with E-state index in [9.17, 15) is 14.7 Å². The number of allylic oxidation sites excluding steroid dienone is 3. The Hall–Kier alpha value is -4.72. The molecule has 190 valence electrons. The molecule has 1 amide bonds. The van der Waals surface area contributed by atoms with Gasteiger partial charge < -0.3 is 19.9 Å². The molecule has 0 saturated carbocycles. The highest BCUT2D eigenvalue weighted by Gasteiger charge is 2.17. The molecule has 0 aliphatic heterocycles. The van der Waals surface area contributed by atoms with Gasteiger partial charge in [-0.2, -0.15) is 0 Å². The van der Waals surface area contributed by atoms with E-state index in [1.807, 2.05) is 32.9 Å². The molecule has 3 rings (SSSR count). The minimum absolute atomic E-state index is 0.107. The van der Waals surface area contributed by atoms with Crippen molar-refractivity contribution in [1.82, 2.24) is 0 Å². The summed E-state index contributed by atoms with van der Waals surface area (Å²) in [5, 5.41) is 23.5. The number of anilines is 1. The lowest BCUT2D eigenvalue weighted by atomic mass is 10.0. The van der Waals surface area contributed by atoms with Crippen LogP contribution in [0.3, 0.4) is 0 Å². The molecule has 0 heterocycles. The highest BCUT2D eigenvalue weighted by Crippen LogP contribution is 2.42. The first kappa shape index (κ1) is 26.9. The number of carbonyl (C=O) groups is 2. The Labute approximate surface area is 215 Å². The van der Waals surface area contributed by atoms with Crippen molar-refractivity contribution in [1.29, 1.82) is 0 Å². The lowest BCUT2D eigenvalue weighted by molar-refractivity contribution is -0.112. The standard InChI is InChI=1S/C29H29N3O5/c1-5-11-19(12-6-2)29(35)30-23-16-26(37-8-4)24(17-25(23)36-7-3)31-32-27-22-14-10-9-13-20(22)15-21(18-33)28(27)34/h5-6,9-18,34H,1,7-8H2,2-4H3,(H,30,35)/b12-6-,19-11+,32-31?. The number of rotatable bonds is 11. The number of fused-ring (bicyclic) bond motifs is 1. The van der Waals surface area contributed by atoms with Crippen molar-refractivity contribution in [2.24, 2.45) is 10.2 Å². The number of phenols is 1. The Kier molecular flexibility index (Phi) is 9.32. The average molecular weight is 500 g/mol. The number of azo groups is 1. The summed E-state index contributed by atoms with van der Waals surface area (Å²) < 4.78 is 11.5. The second-order valence-corrected chi connectivity index (χ2v) is 7.70. The van der Waals surface area contributed by atoms with E-state index >= 15 is 0 Å². The maximum Gasteiger partial charge on any atom is 0.255 e. The number of benzene rings is 3. The second-order valence-electron chi connectivity index (χ2n) is 7.70. The lowest BCUT2D eigenvalue weighted by Gasteiger charge is -2.15. The summed E-state index contributed by atoms with van der Waals surface area (Å²) in [5.74, 6) is 0.0933. The molecule has 0 bridgehead atoms. The number of carbonyl (C=O) groups excluding carboxylic acids is 2. The molecule has 0 saturated heterocycles. The number of aldehydes is 1. The zero-order chi connectivity index (χ0) is 26.8. The van der Waals surface area contributed by atoms with Crippen molar-refractivity contribution in [3.05, 3.63) is 84.5 Å². The Morgan fingerprint density at radius 2 is 1.81 bits per heavy atom. The van der Waals surface area contributed by atoms with E-state index in [0.717, 1.165) is 5.39 Å². The van der Waals surface area contributed by atoms with E-state index in [1.54, 1.807) is 48.6 Å². The van der Waals surface area contributed by atoms with Crippen molar-refractivity contribution in [2.75, 3.05) is 18.5 Å². The first-order chi connectivity index (χ1) is 18.0. The molecule has 0 unspecified atom stereocenters. The number of aromatic hydroxyl groups is 1. The summed E-state index contributed by atoms with van der Waals surface area (Å²) in [4.78, 5) is 24.4. The SMILES string of the molecule is C=C/C=C(\C=C/C)C(=O)Nc1cc(OCC)c(N=Nc2c(O)c(C=O)cc3ccccc23)cc1OCC. The third kappa shape index (κ3) is 6.29. The normalized spacial score (nSPS) is 11.7. The summed E-state index contributed by atoms with van der Waals surface area (Å²) >= 11 is 0. The predicted molar refractivity (Wildman–Crippen MR) is 146 cm³/mol. The van der Waals surface area contributed by atoms with Gasteiger partial charge in [0.05, 0.1) is 24.5 Å². The Morgan fingerprint density at radius 3 is 2.49 bits per heavy atom. The largest absolute Gasteiger partial charge is 0.505 e. The predicted octanol–water partition coefficient (Wildman–Crippen LogP) is 7.20. The van der Waals surface area contributed by atoms with Crippen LogP contribution in [0.4, 0.5) is 17.1 Å². The monoisotopic (exact) mass is 499 g/mol. The van der Waals surface area contributed by atoms with Crippen molar-refractivity contribution in [2.45, 2.75) is 20.8 Å². The molecule has 8 nitrogen and oxygen atoms in total. The van der Waals surface area contributed by atoms with E-state index in [-0.39, 0.29) is 22.9 Å². The fraction of sp³-hybridized carbons (Fsp3) is 0.172. The van der Waals surface area contributed by atoms with Gasteiger partial charge in [-0.25, -0.2) is 0 Å². The van der Waals surface area contributed by atoms with E-state index < -0.39 is 0 Å². The number of nitrogens with zero attached hydrogens (tertiary/aromatic N) is 2. The molecule has 0 radical (unpaired) electrons. The van der Waals surface area contributed by atoms with Crippen LogP contribution in [0.5, 0.6) is 17.2 Å². The molecular formula is C29H29N3O5. The van der Waals surface area contributed by atoms with Crippen LogP contribution in [0, 0.1) is 0 Å². The van der Waals surface area contributed by atoms with Gasteiger partial charge in [0.25, 0.3) is 5.91 Å². The van der Waals surface area contributed by atoms with Gasteiger partial charge in [-0.1, -0.05) is 55.1 Å². The van der Waals surface area contributed by atoms with Crippen LogP contribution >= 0.6 is 0 Å². The first-order valence-corrected chi connectivity index (χ1v) is 11.8. The number of amides is 1. The zero-order valence-corrected chi connectivity index (χ0v) is 21.0. The minimum Gasteiger partial charge on any atom is -0.505 e. The summed E-state index contributed by atoms with van der Waals surface area (Å²) in [6.45, 7) is 9.78. The molecule has 0 aromatic heterocycles. The number of hydrogen-bond acceptors (Lipinski definition) is 7. The Bertz CT molecular complexity index is 1410. The molecule has 0 fully saturated rings. The van der Waals surface area contributed by atoms with Gasteiger partial charge in [-0.3, -0.25) is 9.59 Å². The van der Waals surface area contributed by atoms with E-state index in [0.29, 0.717) is 53.3 Å². The highest BCUT2D eigenvalue weighted by molar-refractivity contribution is 6.07. The molecule has 3 aromatic rings. The van der Waals surface area contributed by atoms with Crippen molar-refractivity contribution < 1.29 is 24.2 Å². The topological polar surface area (TPSA) is 110 Å². The van der Waals surface area contributed by atoms with Crippen LogP contribution in [-0.4, -0.2) is 30.5 Å². The van der Waals surface area contributed by atoms with Gasteiger partial charge in [-0.05, 0) is 32.2 Å². The quantitative estimate of drug-likeness (QED) is 0.125. The van der Waals surface area contributed by atoms with Crippen LogP contribution in [0.1, 0.15) is 31.1 Å². The van der Waals surface area contributed by atoms with Crippen molar-refractivity contribution in [3.63, 3.8) is 0 Å². The van der Waals surface area contributed by atoms with Gasteiger partial charge >= 0.3 is 0 Å². The number of hydrogen-bond donors (Lipinski definition) is 2. The highest BCUT2D eigenvalue weighted by atomic mass is 16.5. The van der Waals surface area contributed by atoms with Crippen LogP contribution < -0.4 is 14.8 Å². The fourth-order valence-electron chi connectivity index (χ4n) is 3.61. The average Bonchev–Trinajstić information content (AvgIpc) is 2.89. The molecule has 8 heteroatoms. The van der Waals surface area contributed by atoms with Gasteiger partial charge in [0.15, 0.2) is 12.0 Å². The van der Waals surface area contributed by atoms with Gasteiger partial charge in [0.1, 0.15) is 22.9 Å². The fourth-order valence-corrected chi connectivity index (χ4v) is 3.61. The smallest absolute Gasteiger partial charge is 0.255 e. The maximum atomic E-state index is 12.9. The molecule has 3 aromatic carbocycles. The molecule has 37 heavy (non-hydrogen) atoms. The third-order valence-electron chi connectivity index (χ3n) is 5.22.